The highest BCUT2D eigenvalue weighted by Gasteiger charge is 2.37. The molecule has 1 atom stereocenters. The Morgan fingerprint density at radius 2 is 1.83 bits per heavy atom. The Balaban J connectivity index is 1.38. The highest BCUT2D eigenvalue weighted by atomic mass is 28.4. The molecule has 192 valence electrons. The summed E-state index contributed by atoms with van der Waals surface area (Å²) in [6.45, 7) is 15.1. The number of amides is 3. The summed E-state index contributed by atoms with van der Waals surface area (Å²) in [5.41, 5.74) is 4.76. The molecule has 1 unspecified atom stereocenters. The van der Waals surface area contributed by atoms with E-state index in [1.54, 1.807) is 16.1 Å². The van der Waals surface area contributed by atoms with Crippen molar-refractivity contribution in [1.29, 1.82) is 0 Å². The zero-order valence-electron chi connectivity index (χ0n) is 22.2. The van der Waals surface area contributed by atoms with Crippen LogP contribution in [0.2, 0.25) is 18.1 Å². The second-order valence-corrected chi connectivity index (χ2v) is 16.0. The number of nitrogens with one attached hydrogen (secondary N) is 1. The number of carbonyl (C=O) groups excluding carboxylic acids is 2. The molecule has 3 amide bonds. The molecular formula is C27H37N5O3Si. The van der Waals surface area contributed by atoms with E-state index in [1.807, 2.05) is 43.5 Å². The highest BCUT2D eigenvalue weighted by molar-refractivity contribution is 6.74. The first-order valence-corrected chi connectivity index (χ1v) is 15.5. The van der Waals surface area contributed by atoms with Crippen molar-refractivity contribution in [1.82, 2.24) is 14.9 Å². The molecule has 0 radical (unpaired) electrons. The Labute approximate surface area is 214 Å². The SMILES string of the molecule is CC1CC(=O)N(CCO[Si](C)(C)C(C)(C)C)N=C1c1ccc(NC(=O)N2Cc3ccncc3C2)cc1. The van der Waals surface area contributed by atoms with Crippen LogP contribution in [-0.2, 0) is 22.3 Å². The van der Waals surface area contributed by atoms with Crippen molar-refractivity contribution in [3.63, 3.8) is 0 Å². The van der Waals surface area contributed by atoms with E-state index in [4.69, 9.17) is 9.53 Å². The zero-order chi connectivity index (χ0) is 26.1. The van der Waals surface area contributed by atoms with Gasteiger partial charge in [-0.2, -0.15) is 5.10 Å². The number of fused-ring (bicyclic) bond motifs is 1. The Kier molecular flexibility index (Phi) is 7.33. The summed E-state index contributed by atoms with van der Waals surface area (Å²) < 4.78 is 6.26. The van der Waals surface area contributed by atoms with Gasteiger partial charge >= 0.3 is 6.03 Å². The fourth-order valence-electron chi connectivity index (χ4n) is 4.16. The molecule has 1 N–H and O–H groups in total. The Hall–Kier alpha value is -3.04. The van der Waals surface area contributed by atoms with Crippen LogP contribution < -0.4 is 5.32 Å². The molecule has 4 rings (SSSR count). The molecule has 2 aliphatic rings. The molecule has 1 aromatic carbocycles. The van der Waals surface area contributed by atoms with E-state index in [0.717, 1.165) is 28.1 Å². The van der Waals surface area contributed by atoms with Crippen LogP contribution in [0.5, 0.6) is 0 Å². The maximum absolute atomic E-state index is 12.8. The van der Waals surface area contributed by atoms with Gasteiger partial charge in [0.1, 0.15) is 0 Å². The minimum absolute atomic E-state index is 0.0206. The molecule has 0 aliphatic carbocycles. The number of nitrogens with zero attached hydrogens (tertiary/aromatic N) is 4. The van der Waals surface area contributed by atoms with Crippen LogP contribution in [0.4, 0.5) is 10.5 Å². The van der Waals surface area contributed by atoms with Gasteiger partial charge in [-0.25, -0.2) is 9.80 Å². The predicted molar refractivity (Wildman–Crippen MR) is 144 cm³/mol. The summed E-state index contributed by atoms with van der Waals surface area (Å²) in [6, 6.07) is 9.49. The molecule has 0 bridgehead atoms. The number of urea groups is 1. The minimum Gasteiger partial charge on any atom is -0.415 e. The van der Waals surface area contributed by atoms with Crippen LogP contribution in [0.1, 0.15) is 50.8 Å². The van der Waals surface area contributed by atoms with E-state index >= 15 is 0 Å². The second kappa shape index (κ2) is 10.1. The van der Waals surface area contributed by atoms with Gasteiger partial charge in [-0.3, -0.25) is 9.78 Å². The van der Waals surface area contributed by atoms with E-state index in [2.05, 4.69) is 44.2 Å². The second-order valence-electron chi connectivity index (χ2n) is 11.2. The van der Waals surface area contributed by atoms with Gasteiger partial charge in [0, 0.05) is 43.5 Å². The average molecular weight is 508 g/mol. The summed E-state index contributed by atoms with van der Waals surface area (Å²) >= 11 is 0. The number of benzene rings is 1. The lowest BCUT2D eigenvalue weighted by molar-refractivity contribution is -0.132. The molecule has 9 heteroatoms. The lowest BCUT2D eigenvalue weighted by Crippen LogP contribution is -2.44. The first-order valence-electron chi connectivity index (χ1n) is 12.6. The molecule has 8 nitrogen and oxygen atoms in total. The first-order chi connectivity index (χ1) is 16.9. The van der Waals surface area contributed by atoms with Gasteiger partial charge in [0.25, 0.3) is 0 Å². The molecule has 2 aromatic rings. The predicted octanol–water partition coefficient (Wildman–Crippen LogP) is 5.22. The Morgan fingerprint density at radius 3 is 2.50 bits per heavy atom. The summed E-state index contributed by atoms with van der Waals surface area (Å²) in [6.07, 6.45) is 3.99. The van der Waals surface area contributed by atoms with Gasteiger partial charge < -0.3 is 14.6 Å². The van der Waals surface area contributed by atoms with Crippen LogP contribution in [0.3, 0.4) is 0 Å². The lowest BCUT2D eigenvalue weighted by Gasteiger charge is -2.37. The molecule has 2 aliphatic heterocycles. The fraction of sp³-hybridized carbons (Fsp3) is 0.481. The normalized spacial score (nSPS) is 18.2. The number of rotatable bonds is 6. The minimum atomic E-state index is -1.88. The maximum atomic E-state index is 12.8. The quantitative estimate of drug-likeness (QED) is 0.543. The summed E-state index contributed by atoms with van der Waals surface area (Å²) in [7, 11) is -1.88. The molecule has 0 fully saturated rings. The first kappa shape index (κ1) is 26.0. The highest BCUT2D eigenvalue weighted by Crippen LogP contribution is 2.36. The van der Waals surface area contributed by atoms with Crippen LogP contribution >= 0.6 is 0 Å². The van der Waals surface area contributed by atoms with Crippen LogP contribution in [-0.4, -0.2) is 54.0 Å². The van der Waals surface area contributed by atoms with E-state index in [9.17, 15) is 9.59 Å². The van der Waals surface area contributed by atoms with Crippen molar-refractivity contribution in [2.24, 2.45) is 11.0 Å². The third kappa shape index (κ3) is 5.68. The third-order valence-corrected chi connectivity index (χ3v) is 12.0. The Morgan fingerprint density at radius 1 is 1.14 bits per heavy atom. The maximum Gasteiger partial charge on any atom is 0.322 e. The monoisotopic (exact) mass is 507 g/mol. The molecule has 1 aromatic heterocycles. The number of hydrazone groups is 1. The van der Waals surface area contributed by atoms with Gasteiger partial charge in [0.2, 0.25) is 5.91 Å². The van der Waals surface area contributed by atoms with Gasteiger partial charge in [-0.05, 0) is 53.0 Å². The van der Waals surface area contributed by atoms with Crippen LogP contribution in [0.15, 0.2) is 47.8 Å². The van der Waals surface area contributed by atoms with Gasteiger partial charge in [-0.15, -0.1) is 0 Å². The van der Waals surface area contributed by atoms with Crippen molar-refractivity contribution < 1.29 is 14.0 Å². The number of hydrogen-bond acceptors (Lipinski definition) is 5. The smallest absolute Gasteiger partial charge is 0.322 e. The van der Waals surface area contributed by atoms with Crippen LogP contribution in [0.25, 0.3) is 0 Å². The zero-order valence-corrected chi connectivity index (χ0v) is 23.2. The van der Waals surface area contributed by atoms with Gasteiger partial charge in [0.15, 0.2) is 8.32 Å². The van der Waals surface area contributed by atoms with Crippen molar-refractivity contribution in [3.05, 3.63) is 59.4 Å². The number of anilines is 1. The van der Waals surface area contributed by atoms with Crippen molar-refractivity contribution >= 4 is 31.7 Å². The third-order valence-electron chi connectivity index (χ3n) is 7.48. The molecule has 3 heterocycles. The van der Waals surface area contributed by atoms with E-state index in [0.29, 0.717) is 32.7 Å². The standard InChI is InChI=1S/C27H37N5O3Si/c1-19-15-24(33)32(13-14-35-36(5,6)27(2,3)4)30-25(19)20-7-9-23(10-8-20)29-26(34)31-17-21-11-12-28-16-22(21)18-31/h7-12,16,19H,13-15,17-18H2,1-6H3,(H,29,34). The van der Waals surface area contributed by atoms with E-state index in [-0.39, 0.29) is 22.9 Å². The molecular weight excluding hydrogens is 470 g/mol. The molecule has 0 saturated carbocycles. The van der Waals surface area contributed by atoms with E-state index < -0.39 is 8.32 Å². The van der Waals surface area contributed by atoms with Crippen molar-refractivity contribution in [2.75, 3.05) is 18.5 Å². The number of pyridine rings is 1. The number of hydrogen-bond donors (Lipinski definition) is 1. The summed E-state index contributed by atoms with van der Waals surface area (Å²) in [4.78, 5) is 31.3. The fourth-order valence-corrected chi connectivity index (χ4v) is 5.19. The summed E-state index contributed by atoms with van der Waals surface area (Å²) in [5, 5.41) is 9.36. The van der Waals surface area contributed by atoms with E-state index in [1.165, 1.54) is 0 Å². The van der Waals surface area contributed by atoms with Gasteiger partial charge in [-0.1, -0.05) is 39.8 Å². The molecule has 0 saturated heterocycles. The molecule has 36 heavy (non-hydrogen) atoms. The van der Waals surface area contributed by atoms with Gasteiger partial charge in [0.05, 0.1) is 18.9 Å². The topological polar surface area (TPSA) is 87.1 Å². The average Bonchev–Trinajstić information content (AvgIpc) is 3.25. The number of aromatic nitrogens is 1. The van der Waals surface area contributed by atoms with Crippen molar-refractivity contribution in [3.8, 4) is 0 Å². The van der Waals surface area contributed by atoms with Crippen LogP contribution in [0, 0.1) is 5.92 Å². The summed E-state index contributed by atoms with van der Waals surface area (Å²) in [5.74, 6) is 0.0444. The lowest BCUT2D eigenvalue weighted by atomic mass is 9.93. The number of carbonyl (C=O) groups is 2. The Bertz CT molecular complexity index is 1130. The molecule has 0 spiro atoms. The van der Waals surface area contributed by atoms with Crippen molar-refractivity contribution in [2.45, 2.75) is 65.3 Å². The largest absolute Gasteiger partial charge is 0.415 e.